The lowest BCUT2D eigenvalue weighted by Crippen LogP contribution is -2.23. The van der Waals surface area contributed by atoms with Crippen LogP contribution in [0.1, 0.15) is 23.6 Å². The zero-order valence-electron chi connectivity index (χ0n) is 8.76. The van der Waals surface area contributed by atoms with Gasteiger partial charge in [0.15, 0.2) is 0 Å². The summed E-state index contributed by atoms with van der Waals surface area (Å²) in [5, 5.41) is 0. The molecule has 1 aromatic carbocycles. The van der Waals surface area contributed by atoms with Gasteiger partial charge in [0, 0.05) is 12.5 Å². The van der Waals surface area contributed by atoms with Crippen LogP contribution in [0.15, 0.2) is 18.2 Å². The number of alkyl halides is 8. The molecule has 1 rings (SSSR count). The summed E-state index contributed by atoms with van der Waals surface area (Å²) in [6, 6.07) is 0.973. The predicted molar refractivity (Wildman–Crippen MR) is 46.0 cm³/mol. The molecular formula is C10H6F8. The zero-order chi connectivity index (χ0) is 14.4. The van der Waals surface area contributed by atoms with Crippen LogP contribution in [0.2, 0.25) is 0 Å². The maximum Gasteiger partial charge on any atom is 0.417 e. The summed E-state index contributed by atoms with van der Waals surface area (Å²) < 4.78 is 101. The van der Waals surface area contributed by atoms with Gasteiger partial charge < -0.3 is 0 Å². The highest BCUT2D eigenvalue weighted by Crippen LogP contribution is 2.45. The van der Waals surface area contributed by atoms with E-state index in [4.69, 9.17) is 0 Å². The Labute approximate surface area is 96.2 Å². The fourth-order valence-corrected chi connectivity index (χ4v) is 1.46. The molecule has 102 valence electrons. The smallest absolute Gasteiger partial charge is 0.202 e. The second-order valence-electron chi connectivity index (χ2n) is 3.61. The van der Waals surface area contributed by atoms with Crippen molar-refractivity contribution in [3.05, 3.63) is 34.9 Å². The van der Waals surface area contributed by atoms with Crippen molar-refractivity contribution in [3.63, 3.8) is 0 Å². The van der Waals surface area contributed by atoms with Crippen molar-refractivity contribution >= 4 is 0 Å². The Morgan fingerprint density at radius 3 is 1.50 bits per heavy atom. The van der Waals surface area contributed by atoms with Gasteiger partial charge in [-0.15, -0.1) is 0 Å². The molecule has 0 unspecified atom stereocenters. The molecule has 0 spiro atoms. The third-order valence-electron chi connectivity index (χ3n) is 2.13. The average molecular weight is 278 g/mol. The summed E-state index contributed by atoms with van der Waals surface area (Å²) in [4.78, 5) is 0. The predicted octanol–water partition coefficient (Wildman–Crippen LogP) is 4.84. The van der Waals surface area contributed by atoms with Crippen LogP contribution in [0.3, 0.4) is 0 Å². The van der Waals surface area contributed by atoms with Gasteiger partial charge >= 0.3 is 12.4 Å². The van der Waals surface area contributed by atoms with Gasteiger partial charge in [0.1, 0.15) is 0 Å². The lowest BCUT2D eigenvalue weighted by molar-refractivity contribution is -0.164. The number of hydrogen-bond donors (Lipinski definition) is 0. The molecule has 0 fully saturated rings. The number of rotatable bonds is 1. The van der Waals surface area contributed by atoms with Gasteiger partial charge in [0.25, 0.3) is 5.92 Å². The molecule has 18 heavy (non-hydrogen) atoms. The van der Waals surface area contributed by atoms with E-state index in [1.807, 2.05) is 0 Å². The first-order valence-electron chi connectivity index (χ1n) is 4.51. The molecule has 0 heterocycles. The summed E-state index contributed by atoms with van der Waals surface area (Å²) in [5.74, 6) is -4.02. The third kappa shape index (κ3) is 2.91. The molecule has 0 aromatic heterocycles. The Balaban J connectivity index is 3.68. The van der Waals surface area contributed by atoms with Crippen LogP contribution in [0, 0.1) is 0 Å². The monoisotopic (exact) mass is 278 g/mol. The van der Waals surface area contributed by atoms with E-state index in [0.29, 0.717) is 12.1 Å². The van der Waals surface area contributed by atoms with E-state index in [9.17, 15) is 35.1 Å². The van der Waals surface area contributed by atoms with Crippen LogP contribution >= 0.6 is 0 Å². The molecule has 0 saturated heterocycles. The Morgan fingerprint density at radius 2 is 1.17 bits per heavy atom. The topological polar surface area (TPSA) is 0 Å². The molecule has 0 saturated carbocycles. The van der Waals surface area contributed by atoms with Gasteiger partial charge in [-0.1, -0.05) is 12.1 Å². The molecule has 0 aliphatic rings. The lowest BCUT2D eigenvalue weighted by Gasteiger charge is -2.22. The van der Waals surface area contributed by atoms with E-state index < -0.39 is 35.0 Å². The van der Waals surface area contributed by atoms with Crippen molar-refractivity contribution in [2.75, 3.05) is 0 Å². The summed E-state index contributed by atoms with van der Waals surface area (Å²) in [7, 11) is 0. The van der Waals surface area contributed by atoms with Crippen LogP contribution in [0.5, 0.6) is 0 Å². The molecule has 0 N–H and O–H groups in total. The Hall–Kier alpha value is -1.34. The number of halogens is 8. The number of hydrogen-bond acceptors (Lipinski definition) is 0. The summed E-state index contributed by atoms with van der Waals surface area (Å²) in [6.45, 7) is 0.109. The molecule has 1 aromatic rings. The van der Waals surface area contributed by atoms with E-state index in [2.05, 4.69) is 0 Å². The molecule has 0 aliphatic heterocycles. The molecule has 8 heteroatoms. The third-order valence-corrected chi connectivity index (χ3v) is 2.13. The fourth-order valence-electron chi connectivity index (χ4n) is 1.46. The second kappa shape index (κ2) is 4.10. The minimum atomic E-state index is -5.51. The fraction of sp³-hybridized carbons (Fsp3) is 0.400. The number of benzene rings is 1. The van der Waals surface area contributed by atoms with Gasteiger partial charge in [-0.05, 0) is 6.07 Å². The quantitative estimate of drug-likeness (QED) is 0.645. The van der Waals surface area contributed by atoms with Crippen LogP contribution in [0.4, 0.5) is 35.1 Å². The van der Waals surface area contributed by atoms with E-state index in [0.717, 1.165) is 0 Å². The first-order chi connectivity index (χ1) is 7.85. The van der Waals surface area contributed by atoms with Crippen LogP contribution < -0.4 is 0 Å². The highest BCUT2D eigenvalue weighted by molar-refractivity contribution is 5.41. The highest BCUT2D eigenvalue weighted by atomic mass is 19.4. The van der Waals surface area contributed by atoms with Crippen molar-refractivity contribution in [2.45, 2.75) is 25.2 Å². The summed E-state index contributed by atoms with van der Waals surface area (Å²) in [5.41, 5.74) is -6.15. The SMILES string of the molecule is CC(F)(F)c1cccc(C(F)(F)F)c1C(F)(F)F. The van der Waals surface area contributed by atoms with Crippen molar-refractivity contribution in [1.82, 2.24) is 0 Å². The molecule has 0 atom stereocenters. The second-order valence-corrected chi connectivity index (χ2v) is 3.61. The van der Waals surface area contributed by atoms with Crippen molar-refractivity contribution in [1.29, 1.82) is 0 Å². The van der Waals surface area contributed by atoms with Crippen LogP contribution in [-0.4, -0.2) is 0 Å². The standard InChI is InChI=1S/C10H6F8/c1-8(11,12)5-3-2-4-6(9(13,14)15)7(5)10(16,17)18/h2-4H,1H3. The molecule has 0 radical (unpaired) electrons. The average Bonchev–Trinajstić information content (AvgIpc) is 2.12. The minimum Gasteiger partial charge on any atom is -0.202 e. The van der Waals surface area contributed by atoms with Gasteiger partial charge in [-0.2, -0.15) is 26.3 Å². The summed E-state index contributed by atoms with van der Waals surface area (Å²) in [6.07, 6.45) is -10.9. The lowest BCUT2D eigenvalue weighted by atomic mass is 9.96. The van der Waals surface area contributed by atoms with E-state index in [-0.39, 0.29) is 13.0 Å². The maximum atomic E-state index is 12.9. The Morgan fingerprint density at radius 1 is 0.722 bits per heavy atom. The Kier molecular flexibility index (Phi) is 3.35. The zero-order valence-corrected chi connectivity index (χ0v) is 8.76. The van der Waals surface area contributed by atoms with Crippen molar-refractivity contribution in [2.24, 2.45) is 0 Å². The Bertz CT molecular complexity index is 402. The van der Waals surface area contributed by atoms with Gasteiger partial charge in [-0.3, -0.25) is 0 Å². The first kappa shape index (κ1) is 14.7. The van der Waals surface area contributed by atoms with Crippen LogP contribution in [-0.2, 0) is 18.3 Å². The molecule has 0 bridgehead atoms. The van der Waals surface area contributed by atoms with E-state index >= 15 is 0 Å². The highest BCUT2D eigenvalue weighted by Gasteiger charge is 2.47. The molecule has 0 aliphatic carbocycles. The first-order valence-corrected chi connectivity index (χ1v) is 4.51. The van der Waals surface area contributed by atoms with Gasteiger partial charge in [0.2, 0.25) is 0 Å². The molecule has 0 amide bonds. The van der Waals surface area contributed by atoms with Gasteiger partial charge in [-0.25, -0.2) is 8.78 Å². The molecular weight excluding hydrogens is 272 g/mol. The van der Waals surface area contributed by atoms with Crippen LogP contribution in [0.25, 0.3) is 0 Å². The largest absolute Gasteiger partial charge is 0.417 e. The summed E-state index contributed by atoms with van der Waals surface area (Å²) >= 11 is 0. The molecule has 0 nitrogen and oxygen atoms in total. The van der Waals surface area contributed by atoms with E-state index in [1.165, 1.54) is 0 Å². The van der Waals surface area contributed by atoms with E-state index in [1.54, 1.807) is 0 Å². The van der Waals surface area contributed by atoms with Crippen molar-refractivity contribution < 1.29 is 35.1 Å². The minimum absolute atomic E-state index is 0.109. The normalized spacial score (nSPS) is 13.8. The van der Waals surface area contributed by atoms with Gasteiger partial charge in [0.05, 0.1) is 11.1 Å². The van der Waals surface area contributed by atoms with Crippen molar-refractivity contribution in [3.8, 4) is 0 Å². The maximum absolute atomic E-state index is 12.9.